The number of halogens is 2. The van der Waals surface area contributed by atoms with Gasteiger partial charge in [-0.05, 0) is 12.1 Å². The molecule has 0 spiro atoms. The molecule has 1 fully saturated rings. The fourth-order valence-electron chi connectivity index (χ4n) is 1.94. The normalized spacial score (nSPS) is 18.3. The van der Waals surface area contributed by atoms with Gasteiger partial charge in [-0.1, -0.05) is 15.9 Å². The molecule has 19 heavy (non-hydrogen) atoms. The molecule has 0 amide bonds. The van der Waals surface area contributed by atoms with E-state index < -0.39 is 6.10 Å². The molecule has 1 aliphatic heterocycles. The molecule has 2 rings (SSSR count). The van der Waals surface area contributed by atoms with Gasteiger partial charge in [0.2, 0.25) is 0 Å². The van der Waals surface area contributed by atoms with Crippen molar-refractivity contribution >= 4 is 15.9 Å². The van der Waals surface area contributed by atoms with Crippen molar-refractivity contribution in [1.82, 2.24) is 4.90 Å². The van der Waals surface area contributed by atoms with Crippen LogP contribution in [0.3, 0.4) is 0 Å². The SMILES string of the molecule is O[C@@H](COc1cc(F)cc(Br)c1)CN1CCOCC1. The van der Waals surface area contributed by atoms with E-state index in [0.717, 1.165) is 13.1 Å². The van der Waals surface area contributed by atoms with Crippen LogP contribution in [0.1, 0.15) is 0 Å². The lowest BCUT2D eigenvalue weighted by atomic mass is 10.3. The van der Waals surface area contributed by atoms with Gasteiger partial charge in [0.1, 0.15) is 24.3 Å². The van der Waals surface area contributed by atoms with Crippen LogP contribution in [-0.2, 0) is 4.74 Å². The summed E-state index contributed by atoms with van der Waals surface area (Å²) in [5.41, 5.74) is 0. The quantitative estimate of drug-likeness (QED) is 0.889. The van der Waals surface area contributed by atoms with Gasteiger partial charge in [-0.3, -0.25) is 4.90 Å². The number of nitrogens with zero attached hydrogens (tertiary/aromatic N) is 1. The van der Waals surface area contributed by atoms with Crippen LogP contribution >= 0.6 is 15.9 Å². The summed E-state index contributed by atoms with van der Waals surface area (Å²) in [5, 5.41) is 9.89. The summed E-state index contributed by atoms with van der Waals surface area (Å²) in [4.78, 5) is 2.12. The lowest BCUT2D eigenvalue weighted by Gasteiger charge is -2.28. The first kappa shape index (κ1) is 14.7. The molecule has 0 aromatic heterocycles. The van der Waals surface area contributed by atoms with E-state index in [9.17, 15) is 9.50 Å². The van der Waals surface area contributed by atoms with Gasteiger partial charge in [0.05, 0.1) is 13.2 Å². The molecule has 1 atom stereocenters. The summed E-state index contributed by atoms with van der Waals surface area (Å²) in [5.74, 6) is 0.0416. The van der Waals surface area contributed by atoms with Crippen LogP contribution in [0.15, 0.2) is 22.7 Å². The van der Waals surface area contributed by atoms with Crippen LogP contribution in [0.2, 0.25) is 0 Å². The first-order valence-electron chi connectivity index (χ1n) is 6.20. The number of ether oxygens (including phenoxy) is 2. The Kier molecular flexibility index (Phi) is 5.57. The average Bonchev–Trinajstić information content (AvgIpc) is 2.36. The molecule has 1 N–H and O–H groups in total. The number of aliphatic hydroxyl groups is 1. The van der Waals surface area contributed by atoms with Crippen LogP contribution in [0.5, 0.6) is 5.75 Å². The minimum absolute atomic E-state index is 0.146. The van der Waals surface area contributed by atoms with Gasteiger partial charge in [-0.25, -0.2) is 4.39 Å². The van der Waals surface area contributed by atoms with Crippen LogP contribution in [0.4, 0.5) is 4.39 Å². The summed E-state index contributed by atoms with van der Waals surface area (Å²) < 4.78 is 24.4. The maximum atomic E-state index is 13.1. The predicted octanol–water partition coefficient (Wildman–Crippen LogP) is 1.66. The molecular weight excluding hydrogens is 317 g/mol. The highest BCUT2D eigenvalue weighted by atomic mass is 79.9. The van der Waals surface area contributed by atoms with E-state index in [1.54, 1.807) is 6.07 Å². The van der Waals surface area contributed by atoms with Gasteiger partial charge in [0.25, 0.3) is 0 Å². The van der Waals surface area contributed by atoms with Gasteiger partial charge >= 0.3 is 0 Å². The monoisotopic (exact) mass is 333 g/mol. The van der Waals surface area contributed by atoms with Crippen molar-refractivity contribution in [2.24, 2.45) is 0 Å². The molecule has 0 radical (unpaired) electrons. The molecule has 106 valence electrons. The third-order valence-electron chi connectivity index (χ3n) is 2.85. The Morgan fingerprint density at radius 2 is 2.11 bits per heavy atom. The highest BCUT2D eigenvalue weighted by Crippen LogP contribution is 2.20. The Labute approximate surface area is 120 Å². The Hall–Kier alpha value is -0.690. The second-order valence-corrected chi connectivity index (χ2v) is 5.40. The topological polar surface area (TPSA) is 41.9 Å². The molecule has 1 heterocycles. The Morgan fingerprint density at radius 3 is 2.79 bits per heavy atom. The van der Waals surface area contributed by atoms with Gasteiger partial charge in [0, 0.05) is 30.2 Å². The van der Waals surface area contributed by atoms with Crippen LogP contribution in [0, 0.1) is 5.82 Å². The summed E-state index contributed by atoms with van der Waals surface area (Å²) in [6, 6.07) is 4.33. The van der Waals surface area contributed by atoms with Crippen molar-refractivity contribution in [2.75, 3.05) is 39.5 Å². The lowest BCUT2D eigenvalue weighted by Crippen LogP contribution is -2.42. The highest BCUT2D eigenvalue weighted by molar-refractivity contribution is 9.10. The van der Waals surface area contributed by atoms with Crippen molar-refractivity contribution in [3.8, 4) is 5.75 Å². The van der Waals surface area contributed by atoms with E-state index in [1.165, 1.54) is 12.1 Å². The van der Waals surface area contributed by atoms with Gasteiger partial charge in [0.15, 0.2) is 0 Å². The lowest BCUT2D eigenvalue weighted by molar-refractivity contribution is 0.00462. The van der Waals surface area contributed by atoms with Gasteiger partial charge in [-0.2, -0.15) is 0 Å². The van der Waals surface area contributed by atoms with E-state index in [-0.39, 0.29) is 12.4 Å². The number of morpholine rings is 1. The molecule has 1 aromatic rings. The van der Waals surface area contributed by atoms with Crippen molar-refractivity contribution in [1.29, 1.82) is 0 Å². The fourth-order valence-corrected chi connectivity index (χ4v) is 2.38. The molecule has 0 aliphatic carbocycles. The standard InChI is InChI=1S/C13H17BrFNO3/c14-10-5-11(15)7-13(6-10)19-9-12(17)8-16-1-3-18-4-2-16/h5-7,12,17H,1-4,8-9H2/t12-/m1/s1. The summed E-state index contributed by atoms with van der Waals surface area (Å²) >= 11 is 3.20. The molecule has 4 nitrogen and oxygen atoms in total. The second kappa shape index (κ2) is 7.19. The first-order valence-corrected chi connectivity index (χ1v) is 7.00. The minimum atomic E-state index is -0.597. The molecule has 6 heteroatoms. The third-order valence-corrected chi connectivity index (χ3v) is 3.31. The molecule has 1 saturated heterocycles. The zero-order chi connectivity index (χ0) is 13.7. The Balaban J connectivity index is 1.77. The minimum Gasteiger partial charge on any atom is -0.491 e. The molecule has 0 unspecified atom stereocenters. The van der Waals surface area contributed by atoms with Gasteiger partial charge in [-0.15, -0.1) is 0 Å². The van der Waals surface area contributed by atoms with Gasteiger partial charge < -0.3 is 14.6 Å². The van der Waals surface area contributed by atoms with Crippen molar-refractivity contribution < 1.29 is 19.0 Å². The summed E-state index contributed by atoms with van der Waals surface area (Å²) in [6.45, 7) is 3.73. The predicted molar refractivity (Wildman–Crippen MR) is 72.9 cm³/mol. The number of β-amino-alcohol motifs (C(OH)–C–C–N with tert-alkyl or cyclic N) is 1. The number of hydrogen-bond donors (Lipinski definition) is 1. The molecular formula is C13H17BrFNO3. The van der Waals surface area contributed by atoms with Crippen LogP contribution in [0.25, 0.3) is 0 Å². The molecule has 0 saturated carbocycles. The number of hydrogen-bond acceptors (Lipinski definition) is 4. The zero-order valence-corrected chi connectivity index (χ0v) is 12.1. The van der Waals surface area contributed by atoms with E-state index in [4.69, 9.17) is 9.47 Å². The fraction of sp³-hybridized carbons (Fsp3) is 0.538. The number of benzene rings is 1. The molecule has 0 bridgehead atoms. The first-order chi connectivity index (χ1) is 9.13. The van der Waals surface area contributed by atoms with Crippen LogP contribution < -0.4 is 4.74 Å². The second-order valence-electron chi connectivity index (χ2n) is 4.48. The summed E-state index contributed by atoms with van der Waals surface area (Å²) in [7, 11) is 0. The molecule has 1 aromatic carbocycles. The largest absolute Gasteiger partial charge is 0.491 e. The summed E-state index contributed by atoms with van der Waals surface area (Å²) in [6.07, 6.45) is -0.597. The Bertz CT molecular complexity index is 393. The maximum Gasteiger partial charge on any atom is 0.128 e. The van der Waals surface area contributed by atoms with E-state index >= 15 is 0 Å². The number of rotatable bonds is 5. The van der Waals surface area contributed by atoms with E-state index in [2.05, 4.69) is 20.8 Å². The van der Waals surface area contributed by atoms with Crippen molar-refractivity contribution in [3.63, 3.8) is 0 Å². The number of aliphatic hydroxyl groups excluding tert-OH is 1. The maximum absolute atomic E-state index is 13.1. The van der Waals surface area contributed by atoms with E-state index in [0.29, 0.717) is 30.0 Å². The zero-order valence-electron chi connectivity index (χ0n) is 10.5. The van der Waals surface area contributed by atoms with E-state index in [1.807, 2.05) is 0 Å². The Morgan fingerprint density at radius 1 is 1.37 bits per heavy atom. The smallest absolute Gasteiger partial charge is 0.128 e. The molecule has 1 aliphatic rings. The third kappa shape index (κ3) is 5.06. The van der Waals surface area contributed by atoms with Crippen molar-refractivity contribution in [2.45, 2.75) is 6.10 Å². The highest BCUT2D eigenvalue weighted by Gasteiger charge is 2.15. The van der Waals surface area contributed by atoms with Crippen molar-refractivity contribution in [3.05, 3.63) is 28.5 Å². The average molecular weight is 334 g/mol. The van der Waals surface area contributed by atoms with Crippen LogP contribution in [-0.4, -0.2) is 55.6 Å².